The summed E-state index contributed by atoms with van der Waals surface area (Å²) in [4.78, 5) is 4.15. The van der Waals surface area contributed by atoms with Crippen LogP contribution in [0.15, 0.2) is 12.5 Å². The van der Waals surface area contributed by atoms with Gasteiger partial charge >= 0.3 is 0 Å². The molecule has 1 fully saturated rings. The molecule has 16 heavy (non-hydrogen) atoms. The molecule has 1 aromatic heterocycles. The van der Waals surface area contributed by atoms with E-state index in [0.29, 0.717) is 12.5 Å². The van der Waals surface area contributed by atoms with Crippen LogP contribution < -0.4 is 5.73 Å². The van der Waals surface area contributed by atoms with E-state index in [1.54, 1.807) is 7.11 Å². The molecule has 1 aliphatic rings. The maximum atomic E-state index is 6.24. The minimum absolute atomic E-state index is 0.0156. The Kier molecular flexibility index (Phi) is 3.93. The van der Waals surface area contributed by atoms with E-state index in [-0.39, 0.29) is 6.04 Å². The van der Waals surface area contributed by atoms with Gasteiger partial charge in [-0.3, -0.25) is 0 Å². The molecule has 2 unspecified atom stereocenters. The molecule has 1 aromatic rings. The molecule has 0 saturated carbocycles. The van der Waals surface area contributed by atoms with Gasteiger partial charge in [0.15, 0.2) is 0 Å². The summed E-state index contributed by atoms with van der Waals surface area (Å²) < 4.78 is 12.5. The molecule has 0 radical (unpaired) electrons. The maximum Gasteiger partial charge on any atom is 0.0949 e. The Hall–Kier alpha value is -0.910. The van der Waals surface area contributed by atoms with Crippen molar-refractivity contribution >= 4 is 0 Å². The van der Waals surface area contributed by atoms with E-state index in [1.807, 2.05) is 12.5 Å². The van der Waals surface area contributed by atoms with Gasteiger partial charge in [-0.2, -0.15) is 0 Å². The summed E-state index contributed by atoms with van der Waals surface area (Å²) in [6, 6.07) is 0.0156. The largest absolute Gasteiger partial charge is 0.383 e. The van der Waals surface area contributed by atoms with Crippen molar-refractivity contribution < 1.29 is 9.47 Å². The summed E-state index contributed by atoms with van der Waals surface area (Å²) in [5, 5.41) is 0. The van der Waals surface area contributed by atoms with Crippen LogP contribution in [-0.2, 0) is 16.0 Å². The van der Waals surface area contributed by atoms with Crippen molar-refractivity contribution in [1.29, 1.82) is 0 Å². The first-order valence-corrected chi connectivity index (χ1v) is 5.65. The molecular formula is C11H19N3O2. The Balaban J connectivity index is 2.03. The normalized spacial score (nSPS) is 22.5. The molecule has 1 saturated heterocycles. The van der Waals surface area contributed by atoms with Crippen LogP contribution in [-0.4, -0.2) is 36.5 Å². The van der Waals surface area contributed by atoms with Crippen LogP contribution in [0.1, 0.15) is 18.2 Å². The van der Waals surface area contributed by atoms with Crippen molar-refractivity contribution in [1.82, 2.24) is 9.55 Å². The van der Waals surface area contributed by atoms with Gasteiger partial charge in [0, 0.05) is 32.4 Å². The highest BCUT2D eigenvalue weighted by atomic mass is 16.5. The van der Waals surface area contributed by atoms with E-state index < -0.39 is 0 Å². The first-order valence-electron chi connectivity index (χ1n) is 5.65. The van der Waals surface area contributed by atoms with Crippen molar-refractivity contribution in [2.75, 3.05) is 26.9 Å². The Morgan fingerprint density at radius 1 is 1.75 bits per heavy atom. The third-order valence-electron chi connectivity index (χ3n) is 3.10. The lowest BCUT2D eigenvalue weighted by Crippen LogP contribution is -2.24. The number of imidazole rings is 1. The fourth-order valence-corrected chi connectivity index (χ4v) is 2.06. The Bertz CT molecular complexity index is 321. The maximum absolute atomic E-state index is 6.24. The molecule has 5 heteroatoms. The highest BCUT2D eigenvalue weighted by Crippen LogP contribution is 2.26. The lowest BCUT2D eigenvalue weighted by atomic mass is 9.97. The van der Waals surface area contributed by atoms with E-state index in [1.165, 1.54) is 0 Å². The molecule has 0 spiro atoms. The molecule has 90 valence electrons. The highest BCUT2D eigenvalue weighted by Gasteiger charge is 2.26. The molecule has 2 N–H and O–H groups in total. The number of rotatable bonds is 5. The topological polar surface area (TPSA) is 62.3 Å². The van der Waals surface area contributed by atoms with E-state index in [4.69, 9.17) is 15.2 Å². The molecule has 2 heterocycles. The van der Waals surface area contributed by atoms with Gasteiger partial charge in [0.05, 0.1) is 31.3 Å². The summed E-state index contributed by atoms with van der Waals surface area (Å²) in [5.41, 5.74) is 7.31. The fraction of sp³-hybridized carbons (Fsp3) is 0.727. The molecule has 0 aromatic carbocycles. The SMILES string of the molecule is COCCn1cncc1C(N)C1CCOC1. The predicted molar refractivity (Wildman–Crippen MR) is 60.0 cm³/mol. The molecule has 1 aliphatic heterocycles. The van der Waals surface area contributed by atoms with Crippen molar-refractivity contribution in [2.45, 2.75) is 19.0 Å². The van der Waals surface area contributed by atoms with Gasteiger partial charge in [0.25, 0.3) is 0 Å². The molecule has 0 amide bonds. The standard InChI is InChI=1S/C11H19N3O2/c1-15-5-3-14-8-13-6-10(14)11(12)9-2-4-16-7-9/h6,8-9,11H,2-5,7,12H2,1H3. The second-order valence-corrected chi connectivity index (χ2v) is 4.15. The zero-order chi connectivity index (χ0) is 11.4. The van der Waals surface area contributed by atoms with E-state index in [9.17, 15) is 0 Å². The summed E-state index contributed by atoms with van der Waals surface area (Å²) >= 11 is 0. The van der Waals surface area contributed by atoms with Crippen LogP contribution in [0.3, 0.4) is 0 Å². The number of methoxy groups -OCH3 is 1. The Labute approximate surface area is 95.6 Å². The van der Waals surface area contributed by atoms with Crippen LogP contribution in [0.4, 0.5) is 0 Å². The lowest BCUT2D eigenvalue weighted by Gasteiger charge is -2.19. The summed E-state index contributed by atoms with van der Waals surface area (Å²) in [6.45, 7) is 3.06. The van der Waals surface area contributed by atoms with Gasteiger partial charge in [0.2, 0.25) is 0 Å². The van der Waals surface area contributed by atoms with Gasteiger partial charge in [-0.15, -0.1) is 0 Å². The van der Waals surface area contributed by atoms with Crippen LogP contribution in [0.25, 0.3) is 0 Å². The van der Waals surface area contributed by atoms with Crippen LogP contribution in [0.5, 0.6) is 0 Å². The summed E-state index contributed by atoms with van der Waals surface area (Å²) in [5.74, 6) is 0.415. The van der Waals surface area contributed by atoms with Crippen LogP contribution >= 0.6 is 0 Å². The number of hydrogen-bond donors (Lipinski definition) is 1. The van der Waals surface area contributed by atoms with Crippen LogP contribution in [0, 0.1) is 5.92 Å². The quantitative estimate of drug-likeness (QED) is 0.795. The average Bonchev–Trinajstić information content (AvgIpc) is 2.96. The second-order valence-electron chi connectivity index (χ2n) is 4.15. The average molecular weight is 225 g/mol. The van der Waals surface area contributed by atoms with Gasteiger partial charge in [-0.1, -0.05) is 0 Å². The van der Waals surface area contributed by atoms with E-state index in [2.05, 4.69) is 9.55 Å². The monoisotopic (exact) mass is 225 g/mol. The van der Waals surface area contributed by atoms with Gasteiger partial charge in [-0.05, 0) is 6.42 Å². The van der Waals surface area contributed by atoms with Gasteiger partial charge < -0.3 is 19.8 Å². The minimum atomic E-state index is 0.0156. The summed E-state index contributed by atoms with van der Waals surface area (Å²) in [7, 11) is 1.70. The molecular weight excluding hydrogens is 206 g/mol. The third-order valence-corrected chi connectivity index (χ3v) is 3.10. The molecule has 0 aliphatic carbocycles. The Morgan fingerprint density at radius 3 is 3.31 bits per heavy atom. The number of ether oxygens (including phenoxy) is 2. The van der Waals surface area contributed by atoms with E-state index in [0.717, 1.165) is 31.9 Å². The molecule has 0 bridgehead atoms. The van der Waals surface area contributed by atoms with Gasteiger partial charge in [0.1, 0.15) is 0 Å². The number of hydrogen-bond acceptors (Lipinski definition) is 4. The minimum Gasteiger partial charge on any atom is -0.383 e. The zero-order valence-electron chi connectivity index (χ0n) is 9.63. The van der Waals surface area contributed by atoms with Gasteiger partial charge in [-0.25, -0.2) is 4.98 Å². The number of nitrogens with two attached hydrogens (primary N) is 1. The fourth-order valence-electron chi connectivity index (χ4n) is 2.06. The third kappa shape index (κ3) is 2.42. The first-order chi connectivity index (χ1) is 7.83. The van der Waals surface area contributed by atoms with Crippen molar-refractivity contribution in [3.8, 4) is 0 Å². The lowest BCUT2D eigenvalue weighted by molar-refractivity contribution is 0.177. The second kappa shape index (κ2) is 5.43. The van der Waals surface area contributed by atoms with Crippen molar-refractivity contribution in [2.24, 2.45) is 11.7 Å². The molecule has 5 nitrogen and oxygen atoms in total. The molecule has 2 atom stereocenters. The van der Waals surface area contributed by atoms with Crippen molar-refractivity contribution in [3.05, 3.63) is 18.2 Å². The molecule has 2 rings (SSSR count). The Morgan fingerprint density at radius 2 is 2.62 bits per heavy atom. The zero-order valence-corrected chi connectivity index (χ0v) is 9.63. The number of nitrogens with zero attached hydrogens (tertiary/aromatic N) is 2. The van der Waals surface area contributed by atoms with Crippen LogP contribution in [0.2, 0.25) is 0 Å². The summed E-state index contributed by atoms with van der Waals surface area (Å²) in [6.07, 6.45) is 4.69. The highest BCUT2D eigenvalue weighted by molar-refractivity contribution is 5.07. The van der Waals surface area contributed by atoms with E-state index >= 15 is 0 Å². The first kappa shape index (κ1) is 11.6. The number of aromatic nitrogens is 2. The smallest absolute Gasteiger partial charge is 0.0949 e. The van der Waals surface area contributed by atoms with Crippen molar-refractivity contribution in [3.63, 3.8) is 0 Å². The predicted octanol–water partition coefficient (Wildman–Crippen LogP) is 0.566.